The summed E-state index contributed by atoms with van der Waals surface area (Å²) in [6, 6.07) is 4.49. The van der Waals surface area contributed by atoms with Crippen LogP contribution in [0.3, 0.4) is 0 Å². The number of halogens is 1. The zero-order valence-electron chi connectivity index (χ0n) is 11.7. The smallest absolute Gasteiger partial charge is 0.125 e. The first-order valence-corrected chi connectivity index (χ1v) is 7.90. The zero-order valence-corrected chi connectivity index (χ0v) is 13.3. The molecule has 5 heteroatoms. The number of thiophene rings is 1. The van der Waals surface area contributed by atoms with Crippen molar-refractivity contribution in [1.29, 1.82) is 0 Å². The SMILES string of the molecule is Cc1cc(C(C)n2c(CCl)nc3cnccc32)c(C)s1. The molecule has 0 radical (unpaired) electrons. The van der Waals surface area contributed by atoms with E-state index in [0.29, 0.717) is 5.88 Å². The molecule has 0 bridgehead atoms. The molecule has 0 amide bonds. The summed E-state index contributed by atoms with van der Waals surface area (Å²) in [4.78, 5) is 11.4. The van der Waals surface area contributed by atoms with Crippen molar-refractivity contribution in [2.24, 2.45) is 0 Å². The molecule has 0 fully saturated rings. The molecule has 0 saturated carbocycles. The molecule has 1 unspecified atom stereocenters. The van der Waals surface area contributed by atoms with Crippen molar-refractivity contribution in [2.75, 3.05) is 0 Å². The van der Waals surface area contributed by atoms with Gasteiger partial charge in [0.05, 0.1) is 23.6 Å². The van der Waals surface area contributed by atoms with Crippen LogP contribution < -0.4 is 0 Å². The molecule has 3 rings (SSSR count). The highest BCUT2D eigenvalue weighted by Crippen LogP contribution is 2.32. The molecule has 0 aliphatic rings. The largest absolute Gasteiger partial charge is 0.319 e. The van der Waals surface area contributed by atoms with E-state index in [2.05, 4.69) is 41.4 Å². The summed E-state index contributed by atoms with van der Waals surface area (Å²) in [6.07, 6.45) is 3.59. The van der Waals surface area contributed by atoms with E-state index in [1.807, 2.05) is 17.4 Å². The van der Waals surface area contributed by atoms with E-state index < -0.39 is 0 Å². The maximum Gasteiger partial charge on any atom is 0.125 e. The lowest BCUT2D eigenvalue weighted by molar-refractivity contribution is 0.633. The summed E-state index contributed by atoms with van der Waals surface area (Å²) in [5, 5.41) is 0. The molecule has 3 heterocycles. The van der Waals surface area contributed by atoms with Crippen LogP contribution in [0.25, 0.3) is 11.0 Å². The summed E-state index contributed by atoms with van der Waals surface area (Å²) in [5.41, 5.74) is 3.33. The number of imidazole rings is 1. The van der Waals surface area contributed by atoms with Gasteiger partial charge in [-0.15, -0.1) is 22.9 Å². The Bertz CT molecular complexity index is 760. The number of alkyl halides is 1. The third-order valence-corrected chi connectivity index (χ3v) is 4.82. The van der Waals surface area contributed by atoms with Crippen LogP contribution in [0.1, 0.15) is 34.1 Å². The number of hydrogen-bond donors (Lipinski definition) is 0. The first-order chi connectivity index (χ1) is 9.61. The lowest BCUT2D eigenvalue weighted by Crippen LogP contribution is -2.10. The molecule has 0 spiro atoms. The second-order valence-corrected chi connectivity index (χ2v) is 6.67. The topological polar surface area (TPSA) is 30.7 Å². The van der Waals surface area contributed by atoms with Crippen molar-refractivity contribution in [3.8, 4) is 0 Å². The minimum atomic E-state index is 0.223. The minimum absolute atomic E-state index is 0.223. The van der Waals surface area contributed by atoms with Crippen molar-refractivity contribution < 1.29 is 0 Å². The molecule has 3 aromatic rings. The predicted octanol–water partition coefficient (Wildman–Crippen LogP) is 4.46. The fraction of sp³-hybridized carbons (Fsp3) is 0.333. The second-order valence-electron chi connectivity index (χ2n) is 4.94. The molecule has 0 saturated heterocycles. The van der Waals surface area contributed by atoms with Crippen LogP contribution in [0, 0.1) is 13.8 Å². The molecular weight excluding hydrogens is 290 g/mol. The molecule has 3 nitrogen and oxygen atoms in total. The summed E-state index contributed by atoms with van der Waals surface area (Å²) >= 11 is 7.91. The minimum Gasteiger partial charge on any atom is -0.319 e. The summed E-state index contributed by atoms with van der Waals surface area (Å²) in [6.45, 7) is 6.52. The Morgan fingerprint density at radius 1 is 1.40 bits per heavy atom. The van der Waals surface area contributed by atoms with E-state index in [1.54, 1.807) is 12.4 Å². The highest BCUT2D eigenvalue weighted by atomic mass is 35.5. The Morgan fingerprint density at radius 2 is 2.20 bits per heavy atom. The first-order valence-electron chi connectivity index (χ1n) is 6.55. The average molecular weight is 306 g/mol. The summed E-state index contributed by atoms with van der Waals surface area (Å²) in [5.74, 6) is 1.30. The van der Waals surface area contributed by atoms with Gasteiger partial charge in [0.15, 0.2) is 0 Å². The van der Waals surface area contributed by atoms with E-state index >= 15 is 0 Å². The predicted molar refractivity (Wildman–Crippen MR) is 84.7 cm³/mol. The monoisotopic (exact) mass is 305 g/mol. The van der Waals surface area contributed by atoms with E-state index in [4.69, 9.17) is 11.6 Å². The van der Waals surface area contributed by atoms with E-state index in [-0.39, 0.29) is 6.04 Å². The molecule has 1 atom stereocenters. The number of hydrogen-bond acceptors (Lipinski definition) is 3. The fourth-order valence-corrected chi connectivity index (χ4v) is 3.94. The van der Waals surface area contributed by atoms with Crippen molar-refractivity contribution in [2.45, 2.75) is 32.7 Å². The van der Waals surface area contributed by atoms with Gasteiger partial charge in [0.2, 0.25) is 0 Å². The lowest BCUT2D eigenvalue weighted by Gasteiger charge is -2.17. The maximum absolute atomic E-state index is 6.08. The Morgan fingerprint density at radius 3 is 2.85 bits per heavy atom. The van der Waals surface area contributed by atoms with Gasteiger partial charge >= 0.3 is 0 Å². The fourth-order valence-electron chi connectivity index (χ4n) is 2.73. The molecule has 0 aliphatic heterocycles. The normalized spacial score (nSPS) is 13.0. The van der Waals surface area contributed by atoms with E-state index in [1.165, 1.54) is 15.3 Å². The zero-order chi connectivity index (χ0) is 14.3. The number of aryl methyl sites for hydroxylation is 2. The van der Waals surface area contributed by atoms with Gasteiger partial charge in [-0.1, -0.05) is 0 Å². The van der Waals surface area contributed by atoms with Gasteiger partial charge in [-0.05, 0) is 38.5 Å². The third-order valence-electron chi connectivity index (χ3n) is 3.60. The van der Waals surface area contributed by atoms with Crippen molar-refractivity contribution >= 4 is 34.0 Å². The summed E-state index contributed by atoms with van der Waals surface area (Å²) in [7, 11) is 0. The van der Waals surface area contributed by atoms with Gasteiger partial charge < -0.3 is 4.57 Å². The second kappa shape index (κ2) is 5.19. The maximum atomic E-state index is 6.08. The molecule has 104 valence electrons. The number of pyridine rings is 1. The number of fused-ring (bicyclic) bond motifs is 1. The van der Waals surface area contributed by atoms with Gasteiger partial charge in [-0.3, -0.25) is 4.98 Å². The van der Waals surface area contributed by atoms with E-state index in [0.717, 1.165) is 16.9 Å². The highest BCUT2D eigenvalue weighted by Gasteiger charge is 2.19. The molecular formula is C15H16ClN3S. The van der Waals surface area contributed by atoms with Gasteiger partial charge in [0.1, 0.15) is 11.3 Å². The molecule has 0 N–H and O–H groups in total. The van der Waals surface area contributed by atoms with Crippen molar-refractivity contribution in [3.63, 3.8) is 0 Å². The number of rotatable bonds is 3. The molecule has 0 aliphatic carbocycles. The van der Waals surface area contributed by atoms with Gasteiger partial charge in [-0.25, -0.2) is 4.98 Å². The van der Waals surface area contributed by atoms with Crippen LogP contribution in [0.5, 0.6) is 0 Å². The Kier molecular flexibility index (Phi) is 3.52. The molecule has 20 heavy (non-hydrogen) atoms. The number of aromatic nitrogens is 3. The van der Waals surface area contributed by atoms with Crippen LogP contribution in [0.15, 0.2) is 24.5 Å². The van der Waals surface area contributed by atoms with Crippen molar-refractivity contribution in [3.05, 3.63) is 45.7 Å². The van der Waals surface area contributed by atoms with E-state index in [9.17, 15) is 0 Å². The number of nitrogens with zero attached hydrogens (tertiary/aromatic N) is 3. The standard InChI is InChI=1S/C15H16ClN3S/c1-9-6-12(11(3)20-9)10(2)19-14-4-5-17-8-13(14)18-15(19)7-16/h4-6,8,10H,7H2,1-3H3. The van der Waals surface area contributed by atoms with Gasteiger partial charge in [-0.2, -0.15) is 0 Å². The van der Waals surface area contributed by atoms with Gasteiger partial charge in [0, 0.05) is 16.0 Å². The Balaban J connectivity index is 2.20. The summed E-state index contributed by atoms with van der Waals surface area (Å²) < 4.78 is 2.22. The van der Waals surface area contributed by atoms with Crippen LogP contribution in [0.2, 0.25) is 0 Å². The van der Waals surface area contributed by atoms with Crippen LogP contribution >= 0.6 is 22.9 Å². The quantitative estimate of drug-likeness (QED) is 0.669. The molecule has 3 aromatic heterocycles. The first kappa shape index (κ1) is 13.6. The average Bonchev–Trinajstić information content (AvgIpc) is 2.97. The van der Waals surface area contributed by atoms with Crippen LogP contribution in [-0.4, -0.2) is 14.5 Å². The van der Waals surface area contributed by atoms with Crippen LogP contribution in [-0.2, 0) is 5.88 Å². The third kappa shape index (κ3) is 2.13. The Hall–Kier alpha value is -1.39. The van der Waals surface area contributed by atoms with Crippen LogP contribution in [0.4, 0.5) is 0 Å². The van der Waals surface area contributed by atoms with Gasteiger partial charge in [0.25, 0.3) is 0 Å². The lowest BCUT2D eigenvalue weighted by atomic mass is 10.1. The Labute approximate surface area is 127 Å². The van der Waals surface area contributed by atoms with Crippen molar-refractivity contribution in [1.82, 2.24) is 14.5 Å². The highest BCUT2D eigenvalue weighted by molar-refractivity contribution is 7.12. The molecule has 0 aromatic carbocycles.